The Morgan fingerprint density at radius 2 is 2.07 bits per heavy atom. The van der Waals surface area contributed by atoms with Gasteiger partial charge >= 0.3 is 0 Å². The van der Waals surface area contributed by atoms with E-state index in [0.717, 1.165) is 24.4 Å². The first-order chi connectivity index (χ1) is 14.2. The smallest absolute Gasteiger partial charge is 0.270 e. The highest BCUT2D eigenvalue weighted by Gasteiger charge is 2.24. The zero-order valence-corrected chi connectivity index (χ0v) is 17.0. The van der Waals surface area contributed by atoms with E-state index in [1.165, 1.54) is 11.3 Å². The highest BCUT2D eigenvalue weighted by Crippen LogP contribution is 2.25. The Morgan fingerprint density at radius 1 is 1.28 bits per heavy atom. The summed E-state index contributed by atoms with van der Waals surface area (Å²) in [6.45, 7) is 3.52. The minimum Gasteiger partial charge on any atom is -0.497 e. The van der Waals surface area contributed by atoms with Crippen LogP contribution in [0.3, 0.4) is 0 Å². The van der Waals surface area contributed by atoms with Gasteiger partial charge in [-0.2, -0.15) is 0 Å². The quantitative estimate of drug-likeness (QED) is 0.641. The topological polar surface area (TPSA) is 76.8 Å². The SMILES string of the molecule is COc1ccc(C(CNC(=O)c2csc(-c3ccco3)n2)N2CCOCC2)cc1. The maximum absolute atomic E-state index is 12.7. The van der Waals surface area contributed by atoms with Crippen LogP contribution in [0, 0.1) is 0 Å². The van der Waals surface area contributed by atoms with Crippen LogP contribution in [0.2, 0.25) is 0 Å². The molecule has 152 valence electrons. The van der Waals surface area contributed by atoms with Crippen LogP contribution in [0.15, 0.2) is 52.5 Å². The van der Waals surface area contributed by atoms with Gasteiger partial charge in [-0.3, -0.25) is 9.69 Å². The van der Waals surface area contributed by atoms with Crippen molar-refractivity contribution in [2.45, 2.75) is 6.04 Å². The fourth-order valence-corrected chi connectivity index (χ4v) is 4.11. The summed E-state index contributed by atoms with van der Waals surface area (Å²) >= 11 is 1.39. The number of rotatable bonds is 7. The summed E-state index contributed by atoms with van der Waals surface area (Å²) in [6, 6.07) is 11.7. The van der Waals surface area contributed by atoms with Crippen LogP contribution in [-0.4, -0.2) is 55.7 Å². The Kier molecular flexibility index (Phi) is 6.24. The summed E-state index contributed by atoms with van der Waals surface area (Å²) in [5, 5.41) is 5.49. The van der Waals surface area contributed by atoms with Gasteiger partial charge in [0.15, 0.2) is 10.8 Å². The van der Waals surface area contributed by atoms with E-state index in [-0.39, 0.29) is 11.9 Å². The predicted octanol–water partition coefficient (Wildman–Crippen LogP) is 3.22. The highest BCUT2D eigenvalue weighted by atomic mass is 32.1. The summed E-state index contributed by atoms with van der Waals surface area (Å²) in [4.78, 5) is 19.4. The third-order valence-electron chi connectivity index (χ3n) is 4.91. The van der Waals surface area contributed by atoms with Crippen molar-refractivity contribution in [3.63, 3.8) is 0 Å². The molecule has 1 N–H and O–H groups in total. The largest absolute Gasteiger partial charge is 0.497 e. The highest BCUT2D eigenvalue weighted by molar-refractivity contribution is 7.13. The zero-order chi connectivity index (χ0) is 20.1. The lowest BCUT2D eigenvalue weighted by molar-refractivity contribution is 0.0162. The molecule has 0 radical (unpaired) electrons. The number of furan rings is 1. The number of nitrogens with zero attached hydrogens (tertiary/aromatic N) is 2. The number of hydrogen-bond donors (Lipinski definition) is 1. The molecule has 4 rings (SSSR count). The molecule has 0 bridgehead atoms. The summed E-state index contributed by atoms with van der Waals surface area (Å²) in [5.41, 5.74) is 1.53. The molecule has 1 amide bonds. The molecule has 0 saturated carbocycles. The summed E-state index contributed by atoms with van der Waals surface area (Å²) in [5.74, 6) is 1.29. The number of carbonyl (C=O) groups is 1. The molecule has 1 unspecified atom stereocenters. The molecule has 1 aliphatic heterocycles. The number of ether oxygens (including phenoxy) is 2. The number of benzene rings is 1. The van der Waals surface area contributed by atoms with Crippen molar-refractivity contribution < 1.29 is 18.7 Å². The Morgan fingerprint density at radius 3 is 2.76 bits per heavy atom. The summed E-state index contributed by atoms with van der Waals surface area (Å²) in [7, 11) is 1.65. The average molecular weight is 413 g/mol. The second-order valence-corrected chi connectivity index (χ2v) is 7.52. The van der Waals surface area contributed by atoms with Crippen LogP contribution >= 0.6 is 11.3 Å². The Hall–Kier alpha value is -2.68. The molecule has 29 heavy (non-hydrogen) atoms. The number of thiazole rings is 1. The summed E-state index contributed by atoms with van der Waals surface area (Å²) < 4.78 is 16.1. The Balaban J connectivity index is 1.46. The fraction of sp³-hybridized carbons (Fsp3) is 0.333. The standard InChI is InChI=1S/C21H23N3O4S/c1-26-16-6-4-15(5-7-16)18(24-8-11-27-12-9-24)13-22-20(25)17-14-29-21(23-17)19-3-2-10-28-19/h2-7,10,14,18H,8-9,11-13H2,1H3,(H,22,25). The molecule has 7 nitrogen and oxygen atoms in total. The van der Waals surface area contributed by atoms with Gasteiger partial charge < -0.3 is 19.2 Å². The first kappa shape index (κ1) is 19.6. The van der Waals surface area contributed by atoms with Gasteiger partial charge in [0.2, 0.25) is 0 Å². The van der Waals surface area contributed by atoms with Crippen LogP contribution < -0.4 is 10.1 Å². The van der Waals surface area contributed by atoms with Crippen molar-refractivity contribution >= 4 is 17.2 Å². The van der Waals surface area contributed by atoms with Crippen LogP contribution in [0.5, 0.6) is 5.75 Å². The van der Waals surface area contributed by atoms with Crippen molar-refractivity contribution in [1.82, 2.24) is 15.2 Å². The van der Waals surface area contributed by atoms with Crippen molar-refractivity contribution in [3.05, 3.63) is 59.3 Å². The van der Waals surface area contributed by atoms with Gasteiger partial charge in [-0.25, -0.2) is 4.98 Å². The molecule has 1 aromatic carbocycles. The number of methoxy groups -OCH3 is 1. The fourth-order valence-electron chi connectivity index (χ4n) is 3.34. The van der Waals surface area contributed by atoms with Gasteiger partial charge in [0.05, 0.1) is 32.6 Å². The molecule has 1 fully saturated rings. The van der Waals surface area contributed by atoms with Crippen LogP contribution in [0.4, 0.5) is 0 Å². The lowest BCUT2D eigenvalue weighted by atomic mass is 10.0. The second kappa shape index (κ2) is 9.21. The van der Waals surface area contributed by atoms with Crippen molar-refractivity contribution in [3.8, 4) is 16.5 Å². The van der Waals surface area contributed by atoms with Crippen molar-refractivity contribution in [2.24, 2.45) is 0 Å². The van der Waals surface area contributed by atoms with E-state index in [9.17, 15) is 4.79 Å². The number of nitrogens with one attached hydrogen (secondary N) is 1. The van der Waals surface area contributed by atoms with E-state index in [1.54, 1.807) is 24.8 Å². The van der Waals surface area contributed by atoms with Gasteiger partial charge in [0, 0.05) is 25.0 Å². The first-order valence-corrected chi connectivity index (χ1v) is 10.4. The van der Waals surface area contributed by atoms with Crippen LogP contribution in [0.25, 0.3) is 10.8 Å². The summed E-state index contributed by atoms with van der Waals surface area (Å²) in [6.07, 6.45) is 1.60. The first-order valence-electron chi connectivity index (χ1n) is 9.48. The minimum atomic E-state index is -0.189. The number of amides is 1. The molecule has 3 aromatic rings. The van der Waals surface area contributed by atoms with Gasteiger partial charge in [0.1, 0.15) is 11.4 Å². The van der Waals surface area contributed by atoms with Crippen LogP contribution in [-0.2, 0) is 4.74 Å². The third kappa shape index (κ3) is 4.67. The average Bonchev–Trinajstić information content (AvgIpc) is 3.47. The molecule has 1 aliphatic rings. The number of aromatic nitrogens is 1. The molecule has 8 heteroatoms. The van der Waals surface area contributed by atoms with Gasteiger partial charge in [-0.15, -0.1) is 11.3 Å². The second-order valence-electron chi connectivity index (χ2n) is 6.66. The number of carbonyl (C=O) groups excluding carboxylic acids is 1. The van der Waals surface area contributed by atoms with E-state index in [0.29, 0.717) is 36.2 Å². The van der Waals surface area contributed by atoms with Gasteiger partial charge in [0.25, 0.3) is 5.91 Å². The monoisotopic (exact) mass is 413 g/mol. The number of hydrogen-bond acceptors (Lipinski definition) is 7. The Labute approximate surface area is 173 Å². The molecular weight excluding hydrogens is 390 g/mol. The minimum absolute atomic E-state index is 0.0527. The number of morpholine rings is 1. The maximum Gasteiger partial charge on any atom is 0.270 e. The molecule has 0 aliphatic carbocycles. The van der Waals surface area contributed by atoms with Crippen molar-refractivity contribution in [1.29, 1.82) is 0 Å². The van der Waals surface area contributed by atoms with E-state index < -0.39 is 0 Å². The van der Waals surface area contributed by atoms with Crippen LogP contribution in [0.1, 0.15) is 22.1 Å². The molecule has 1 atom stereocenters. The Bertz CT molecular complexity index is 918. The normalized spacial score (nSPS) is 15.8. The van der Waals surface area contributed by atoms with E-state index in [1.807, 2.05) is 30.3 Å². The predicted molar refractivity (Wildman–Crippen MR) is 110 cm³/mol. The lowest BCUT2D eigenvalue weighted by Crippen LogP contribution is -2.43. The molecular formula is C21H23N3O4S. The molecule has 0 spiro atoms. The molecule has 1 saturated heterocycles. The third-order valence-corrected chi connectivity index (χ3v) is 5.77. The van der Waals surface area contributed by atoms with E-state index in [2.05, 4.69) is 15.2 Å². The molecule has 2 aromatic heterocycles. The van der Waals surface area contributed by atoms with Gasteiger partial charge in [-0.1, -0.05) is 12.1 Å². The zero-order valence-electron chi connectivity index (χ0n) is 16.2. The van der Waals surface area contributed by atoms with Gasteiger partial charge in [-0.05, 0) is 29.8 Å². The van der Waals surface area contributed by atoms with Crippen molar-refractivity contribution in [2.75, 3.05) is 40.0 Å². The maximum atomic E-state index is 12.7. The molecule has 3 heterocycles. The van der Waals surface area contributed by atoms with E-state index >= 15 is 0 Å². The lowest BCUT2D eigenvalue weighted by Gasteiger charge is -2.35. The van der Waals surface area contributed by atoms with E-state index in [4.69, 9.17) is 13.9 Å².